The normalized spacial score (nSPS) is 10.8. The molecule has 1 N–H and O–H groups in total. The van der Waals surface area contributed by atoms with Crippen LogP contribution in [0.1, 0.15) is 5.56 Å². The Morgan fingerprint density at radius 2 is 2.19 bits per heavy atom. The lowest BCUT2D eigenvalue weighted by atomic mass is 10.2. The van der Waals surface area contributed by atoms with Crippen molar-refractivity contribution in [1.82, 2.24) is 4.98 Å². The lowest BCUT2D eigenvalue weighted by Gasteiger charge is -2.10. The highest BCUT2D eigenvalue weighted by Gasteiger charge is 2.09. The van der Waals surface area contributed by atoms with Crippen LogP contribution in [0.25, 0.3) is 10.2 Å². The highest BCUT2D eigenvalue weighted by Crippen LogP contribution is 2.31. The van der Waals surface area contributed by atoms with E-state index in [-0.39, 0.29) is 0 Å². The number of thiazole rings is 1. The van der Waals surface area contributed by atoms with Gasteiger partial charge in [-0.15, -0.1) is 0 Å². The van der Waals surface area contributed by atoms with Crippen LogP contribution < -0.4 is 10.1 Å². The van der Waals surface area contributed by atoms with Crippen LogP contribution in [-0.2, 0) is 6.54 Å². The average molecular weight is 384 g/mol. The molecule has 0 saturated carbocycles. The number of aromatic nitrogens is 1. The monoisotopic (exact) mass is 382 g/mol. The Hall–Kier alpha value is -1.30. The predicted molar refractivity (Wildman–Crippen MR) is 92.7 cm³/mol. The fraction of sp³-hybridized carbons (Fsp3) is 0.133. The lowest BCUT2D eigenvalue weighted by molar-refractivity contribution is 0.410. The first-order valence-corrected chi connectivity index (χ1v) is 8.27. The fourth-order valence-electron chi connectivity index (χ4n) is 2.04. The highest BCUT2D eigenvalue weighted by atomic mass is 79.9. The second-order valence-electron chi connectivity index (χ2n) is 4.41. The number of methoxy groups -OCH3 is 1. The minimum atomic E-state index is 0.573. The molecule has 0 unspecified atom stereocenters. The van der Waals surface area contributed by atoms with Gasteiger partial charge in [-0.1, -0.05) is 44.9 Å². The van der Waals surface area contributed by atoms with Crippen molar-refractivity contribution in [1.29, 1.82) is 0 Å². The molecule has 0 fully saturated rings. The zero-order valence-electron chi connectivity index (χ0n) is 11.2. The van der Waals surface area contributed by atoms with E-state index in [1.165, 1.54) is 0 Å². The molecule has 3 nitrogen and oxygen atoms in total. The topological polar surface area (TPSA) is 34.1 Å². The zero-order valence-corrected chi connectivity index (χ0v) is 14.3. The molecule has 1 aromatic heterocycles. The molecule has 1 heterocycles. The molecule has 6 heteroatoms. The van der Waals surface area contributed by atoms with Crippen LogP contribution in [-0.4, -0.2) is 12.1 Å². The molecule has 0 aliphatic heterocycles. The number of ether oxygens (including phenoxy) is 1. The van der Waals surface area contributed by atoms with Gasteiger partial charge in [-0.2, -0.15) is 0 Å². The molecule has 2 aromatic carbocycles. The van der Waals surface area contributed by atoms with E-state index >= 15 is 0 Å². The van der Waals surface area contributed by atoms with Gasteiger partial charge in [-0.25, -0.2) is 4.98 Å². The summed E-state index contributed by atoms with van der Waals surface area (Å²) in [6.07, 6.45) is 0. The zero-order chi connectivity index (χ0) is 14.8. The average Bonchev–Trinajstić information content (AvgIpc) is 2.87. The molecule has 0 aliphatic rings. The van der Waals surface area contributed by atoms with E-state index in [0.717, 1.165) is 31.1 Å². The summed E-state index contributed by atoms with van der Waals surface area (Å²) in [5.41, 5.74) is 1.92. The van der Waals surface area contributed by atoms with Crippen LogP contribution in [0, 0.1) is 0 Å². The summed E-state index contributed by atoms with van der Waals surface area (Å²) in [7, 11) is 1.64. The Bertz CT molecular complexity index is 790. The summed E-state index contributed by atoms with van der Waals surface area (Å²) < 4.78 is 7.53. The van der Waals surface area contributed by atoms with Crippen LogP contribution in [0.4, 0.5) is 5.13 Å². The molecule has 0 atom stereocenters. The quantitative estimate of drug-likeness (QED) is 0.661. The van der Waals surface area contributed by atoms with E-state index in [9.17, 15) is 0 Å². The van der Waals surface area contributed by atoms with Crippen molar-refractivity contribution in [3.05, 3.63) is 51.5 Å². The van der Waals surface area contributed by atoms with E-state index in [1.54, 1.807) is 18.4 Å². The van der Waals surface area contributed by atoms with Crippen LogP contribution in [0.5, 0.6) is 5.75 Å². The third kappa shape index (κ3) is 3.15. The number of nitrogens with zero attached hydrogens (tertiary/aromatic N) is 1. The van der Waals surface area contributed by atoms with Gasteiger partial charge in [0.25, 0.3) is 0 Å². The number of anilines is 1. The van der Waals surface area contributed by atoms with Crippen molar-refractivity contribution in [3.8, 4) is 5.75 Å². The first-order chi connectivity index (χ1) is 10.2. The van der Waals surface area contributed by atoms with Crippen molar-refractivity contribution < 1.29 is 4.74 Å². The number of rotatable bonds is 4. The molecule has 0 spiro atoms. The SMILES string of the molecule is COc1cccc(Cl)c1CNc1nc2ccc(Br)cc2s1. The minimum absolute atomic E-state index is 0.573. The molecule has 0 radical (unpaired) electrons. The largest absolute Gasteiger partial charge is 0.496 e. The van der Waals surface area contributed by atoms with E-state index < -0.39 is 0 Å². The van der Waals surface area contributed by atoms with E-state index in [4.69, 9.17) is 16.3 Å². The number of halogens is 2. The van der Waals surface area contributed by atoms with Crippen molar-refractivity contribution in [2.24, 2.45) is 0 Å². The molecule has 0 aliphatic carbocycles. The Morgan fingerprint density at radius 3 is 3.00 bits per heavy atom. The molecule has 108 valence electrons. The van der Waals surface area contributed by atoms with Gasteiger partial charge >= 0.3 is 0 Å². The van der Waals surface area contributed by atoms with Gasteiger partial charge < -0.3 is 10.1 Å². The maximum absolute atomic E-state index is 6.23. The second kappa shape index (κ2) is 6.22. The first kappa shape index (κ1) is 14.6. The van der Waals surface area contributed by atoms with Crippen molar-refractivity contribution in [3.63, 3.8) is 0 Å². The van der Waals surface area contributed by atoms with Crippen LogP contribution in [0.2, 0.25) is 5.02 Å². The van der Waals surface area contributed by atoms with Gasteiger partial charge in [0.1, 0.15) is 5.75 Å². The number of benzene rings is 2. The van der Waals surface area contributed by atoms with Gasteiger partial charge in [-0.05, 0) is 30.3 Å². The van der Waals surface area contributed by atoms with Crippen molar-refractivity contribution >= 4 is 54.2 Å². The molecule has 0 bridgehead atoms. The van der Waals surface area contributed by atoms with Gasteiger partial charge in [-0.3, -0.25) is 0 Å². The Labute approximate surface area is 140 Å². The summed E-state index contributed by atoms with van der Waals surface area (Å²) in [5.74, 6) is 0.777. The maximum Gasteiger partial charge on any atom is 0.184 e. The number of hydrogen-bond donors (Lipinski definition) is 1. The van der Waals surface area contributed by atoms with Crippen LogP contribution in [0.3, 0.4) is 0 Å². The van der Waals surface area contributed by atoms with Gasteiger partial charge in [0.15, 0.2) is 5.13 Å². The second-order valence-corrected chi connectivity index (χ2v) is 6.76. The van der Waals surface area contributed by atoms with Crippen LogP contribution in [0.15, 0.2) is 40.9 Å². The third-order valence-corrected chi connectivity index (χ3v) is 4.89. The van der Waals surface area contributed by atoms with E-state index in [2.05, 4.69) is 32.3 Å². The van der Waals surface area contributed by atoms with Gasteiger partial charge in [0.2, 0.25) is 0 Å². The molecule has 0 amide bonds. The summed E-state index contributed by atoms with van der Waals surface area (Å²) >= 11 is 11.3. The van der Waals surface area contributed by atoms with Crippen molar-refractivity contribution in [2.75, 3.05) is 12.4 Å². The maximum atomic E-state index is 6.23. The molecule has 21 heavy (non-hydrogen) atoms. The highest BCUT2D eigenvalue weighted by molar-refractivity contribution is 9.10. The molecular weight excluding hydrogens is 372 g/mol. The minimum Gasteiger partial charge on any atom is -0.496 e. The standard InChI is InChI=1S/C15H12BrClN2OS/c1-20-13-4-2-3-11(17)10(13)8-18-15-19-12-6-5-9(16)7-14(12)21-15/h2-7H,8H2,1H3,(H,18,19). The summed E-state index contributed by atoms with van der Waals surface area (Å²) in [6.45, 7) is 0.573. The predicted octanol–water partition coefficient (Wildman–Crippen LogP) is 5.33. The third-order valence-electron chi connectivity index (χ3n) is 3.06. The summed E-state index contributed by atoms with van der Waals surface area (Å²) in [6, 6.07) is 11.7. The van der Waals surface area contributed by atoms with Crippen LogP contribution >= 0.6 is 38.9 Å². The summed E-state index contributed by atoms with van der Waals surface area (Å²) in [4.78, 5) is 4.56. The smallest absolute Gasteiger partial charge is 0.184 e. The number of nitrogens with one attached hydrogen (secondary N) is 1. The van der Waals surface area contributed by atoms with E-state index in [1.807, 2.05) is 30.3 Å². The Balaban J connectivity index is 1.83. The fourth-order valence-corrected chi connectivity index (χ4v) is 3.69. The molecule has 3 aromatic rings. The number of hydrogen-bond acceptors (Lipinski definition) is 4. The van der Waals surface area contributed by atoms with Gasteiger partial charge in [0.05, 0.1) is 17.3 Å². The molecular formula is C15H12BrClN2OS. The number of fused-ring (bicyclic) bond motifs is 1. The molecule has 3 rings (SSSR count). The lowest BCUT2D eigenvalue weighted by Crippen LogP contribution is -2.02. The Kier molecular flexibility index (Phi) is 4.33. The van der Waals surface area contributed by atoms with Gasteiger partial charge in [0, 0.05) is 21.6 Å². The van der Waals surface area contributed by atoms with E-state index in [0.29, 0.717) is 11.6 Å². The molecule has 0 saturated heterocycles. The van der Waals surface area contributed by atoms with Crippen molar-refractivity contribution in [2.45, 2.75) is 6.54 Å². The first-order valence-electron chi connectivity index (χ1n) is 6.28. The Morgan fingerprint density at radius 1 is 1.33 bits per heavy atom. The summed E-state index contributed by atoms with van der Waals surface area (Å²) in [5, 5.41) is 4.86.